The molecule has 0 bridgehead atoms. The quantitative estimate of drug-likeness (QED) is 0.758. The number of nitrogens with one attached hydrogen (secondary N) is 1. The van der Waals surface area contributed by atoms with Crippen LogP contribution in [0.2, 0.25) is 0 Å². The highest BCUT2D eigenvalue weighted by Gasteiger charge is 2.18. The molecule has 1 N–H and O–H groups in total. The van der Waals surface area contributed by atoms with E-state index in [0.29, 0.717) is 25.3 Å². The lowest BCUT2D eigenvalue weighted by molar-refractivity contribution is -0.124. The molecule has 0 saturated heterocycles. The van der Waals surface area contributed by atoms with Crippen LogP contribution in [0.5, 0.6) is 0 Å². The van der Waals surface area contributed by atoms with Gasteiger partial charge in [0.15, 0.2) is 11.5 Å². The molecule has 0 unspecified atom stereocenters. The minimum Gasteiger partial charge on any atom is -0.441 e. The zero-order chi connectivity index (χ0) is 15.4. The van der Waals surface area contributed by atoms with Crippen LogP contribution in [0.25, 0.3) is 11.1 Å². The fraction of sp³-hybridized carbons (Fsp3) is 0.312. The maximum Gasteiger partial charge on any atom is 0.244 e. The van der Waals surface area contributed by atoms with Crippen LogP contribution < -0.4 is 5.32 Å². The third-order valence-corrected chi connectivity index (χ3v) is 3.51. The van der Waals surface area contributed by atoms with Gasteiger partial charge in [-0.1, -0.05) is 19.1 Å². The molecule has 3 rings (SSSR count). The number of fused-ring (bicyclic) bond motifs is 1. The Labute approximate surface area is 128 Å². The van der Waals surface area contributed by atoms with Crippen LogP contribution in [-0.2, 0) is 11.2 Å². The molecule has 114 valence electrons. The number of carbonyl (C=O) groups is 1. The number of oxazole rings is 1. The van der Waals surface area contributed by atoms with E-state index in [9.17, 15) is 4.79 Å². The number of amides is 1. The summed E-state index contributed by atoms with van der Waals surface area (Å²) in [7, 11) is 0. The average molecular weight is 298 g/mol. The maximum atomic E-state index is 12.2. The first-order valence-electron chi connectivity index (χ1n) is 7.39. The molecule has 6 heteroatoms. The van der Waals surface area contributed by atoms with Gasteiger partial charge in [0.1, 0.15) is 11.6 Å². The van der Waals surface area contributed by atoms with Gasteiger partial charge in [-0.2, -0.15) is 5.10 Å². The van der Waals surface area contributed by atoms with E-state index in [4.69, 9.17) is 4.42 Å². The van der Waals surface area contributed by atoms with E-state index in [2.05, 4.69) is 15.4 Å². The zero-order valence-corrected chi connectivity index (χ0v) is 12.4. The number of para-hydroxylation sites is 2. The van der Waals surface area contributed by atoms with Gasteiger partial charge in [-0.3, -0.25) is 9.48 Å². The number of benzene rings is 1. The summed E-state index contributed by atoms with van der Waals surface area (Å²) in [6, 6.07) is 9.16. The number of nitrogens with zero attached hydrogens (tertiary/aromatic N) is 3. The maximum absolute atomic E-state index is 12.2. The number of aromatic nitrogens is 3. The van der Waals surface area contributed by atoms with Crippen molar-refractivity contribution in [2.24, 2.45) is 0 Å². The normalized spacial score (nSPS) is 12.4. The summed E-state index contributed by atoms with van der Waals surface area (Å²) in [5, 5.41) is 7.04. The molecule has 1 amide bonds. The largest absolute Gasteiger partial charge is 0.441 e. The molecule has 1 atom stereocenters. The number of hydrogen-bond donors (Lipinski definition) is 1. The van der Waals surface area contributed by atoms with Crippen molar-refractivity contribution in [3.8, 4) is 0 Å². The van der Waals surface area contributed by atoms with E-state index in [1.807, 2.05) is 37.3 Å². The Morgan fingerprint density at radius 2 is 2.23 bits per heavy atom. The molecule has 2 heterocycles. The van der Waals surface area contributed by atoms with Crippen LogP contribution in [0.3, 0.4) is 0 Å². The highest BCUT2D eigenvalue weighted by molar-refractivity contribution is 5.80. The van der Waals surface area contributed by atoms with Gasteiger partial charge in [0.05, 0.1) is 0 Å². The highest BCUT2D eigenvalue weighted by atomic mass is 16.3. The molecule has 6 nitrogen and oxygen atoms in total. The van der Waals surface area contributed by atoms with E-state index in [0.717, 1.165) is 11.1 Å². The highest BCUT2D eigenvalue weighted by Crippen LogP contribution is 2.15. The van der Waals surface area contributed by atoms with Crippen LogP contribution >= 0.6 is 0 Å². The minimum absolute atomic E-state index is 0.0395. The van der Waals surface area contributed by atoms with Gasteiger partial charge in [0, 0.05) is 25.4 Å². The SMILES string of the molecule is CC[C@H](C(=O)NCCc1nc2ccccc2o1)n1cccn1. The number of carbonyl (C=O) groups excluding carboxylic acids is 1. The molecule has 0 fully saturated rings. The fourth-order valence-electron chi connectivity index (χ4n) is 2.39. The summed E-state index contributed by atoms with van der Waals surface area (Å²) >= 11 is 0. The second-order valence-corrected chi connectivity index (χ2v) is 5.03. The summed E-state index contributed by atoms with van der Waals surface area (Å²) in [6.45, 7) is 2.45. The third-order valence-electron chi connectivity index (χ3n) is 3.51. The summed E-state index contributed by atoms with van der Waals surface area (Å²) in [6.07, 6.45) is 4.73. The fourth-order valence-corrected chi connectivity index (χ4v) is 2.39. The van der Waals surface area contributed by atoms with Crippen molar-refractivity contribution >= 4 is 17.0 Å². The molecule has 2 aromatic heterocycles. The number of rotatable bonds is 6. The van der Waals surface area contributed by atoms with Crippen molar-refractivity contribution in [3.63, 3.8) is 0 Å². The predicted octanol–water partition coefficient (Wildman–Crippen LogP) is 2.33. The van der Waals surface area contributed by atoms with Crippen molar-refractivity contribution < 1.29 is 9.21 Å². The average Bonchev–Trinajstić information content (AvgIpc) is 3.16. The van der Waals surface area contributed by atoms with Gasteiger partial charge in [-0.25, -0.2) is 4.98 Å². The molecule has 0 aliphatic carbocycles. The van der Waals surface area contributed by atoms with E-state index in [1.54, 1.807) is 17.1 Å². The molecule has 1 aromatic carbocycles. The summed E-state index contributed by atoms with van der Waals surface area (Å²) in [5.74, 6) is 0.593. The first-order valence-corrected chi connectivity index (χ1v) is 7.39. The summed E-state index contributed by atoms with van der Waals surface area (Å²) in [5.41, 5.74) is 1.61. The predicted molar refractivity (Wildman–Crippen MR) is 82.3 cm³/mol. The van der Waals surface area contributed by atoms with Crippen molar-refractivity contribution in [3.05, 3.63) is 48.6 Å². The van der Waals surface area contributed by atoms with E-state index in [-0.39, 0.29) is 11.9 Å². The van der Waals surface area contributed by atoms with Crippen LogP contribution in [0.15, 0.2) is 47.1 Å². The molecule has 0 radical (unpaired) electrons. The Balaban J connectivity index is 1.57. The third kappa shape index (κ3) is 3.00. The Hall–Kier alpha value is -2.63. The van der Waals surface area contributed by atoms with Gasteiger partial charge in [0.25, 0.3) is 0 Å². The first-order chi connectivity index (χ1) is 10.8. The Bertz CT molecular complexity index is 715. The summed E-state index contributed by atoms with van der Waals surface area (Å²) < 4.78 is 7.30. The van der Waals surface area contributed by atoms with Crippen molar-refractivity contribution in [2.45, 2.75) is 25.8 Å². The number of hydrogen-bond acceptors (Lipinski definition) is 4. The van der Waals surface area contributed by atoms with Crippen LogP contribution in [0, 0.1) is 0 Å². The first kappa shape index (κ1) is 14.3. The molecule has 0 spiro atoms. The Morgan fingerprint density at radius 3 is 2.95 bits per heavy atom. The van der Waals surface area contributed by atoms with Crippen LogP contribution in [0.1, 0.15) is 25.3 Å². The molecule has 0 aliphatic rings. The minimum atomic E-state index is -0.279. The van der Waals surface area contributed by atoms with Gasteiger partial charge >= 0.3 is 0 Å². The molecular formula is C16H18N4O2. The Kier molecular flexibility index (Phi) is 4.18. The lowest BCUT2D eigenvalue weighted by atomic mass is 10.2. The molecule has 22 heavy (non-hydrogen) atoms. The van der Waals surface area contributed by atoms with Gasteiger partial charge in [-0.05, 0) is 24.6 Å². The topological polar surface area (TPSA) is 73.0 Å². The lowest BCUT2D eigenvalue weighted by Gasteiger charge is -2.15. The van der Waals surface area contributed by atoms with Crippen molar-refractivity contribution in [1.29, 1.82) is 0 Å². The van der Waals surface area contributed by atoms with E-state index >= 15 is 0 Å². The van der Waals surface area contributed by atoms with Crippen LogP contribution in [-0.4, -0.2) is 27.2 Å². The second kappa shape index (κ2) is 6.43. The van der Waals surface area contributed by atoms with Gasteiger partial charge < -0.3 is 9.73 Å². The smallest absolute Gasteiger partial charge is 0.244 e. The van der Waals surface area contributed by atoms with E-state index < -0.39 is 0 Å². The standard InChI is InChI=1S/C16H18N4O2/c1-2-13(20-11-5-9-18-20)16(21)17-10-8-15-19-12-6-3-4-7-14(12)22-15/h3-7,9,11,13H,2,8,10H2,1H3,(H,17,21)/t13-/m1/s1. The van der Waals surface area contributed by atoms with Gasteiger partial charge in [-0.15, -0.1) is 0 Å². The lowest BCUT2D eigenvalue weighted by Crippen LogP contribution is -2.33. The van der Waals surface area contributed by atoms with Crippen LogP contribution in [0.4, 0.5) is 0 Å². The second-order valence-electron chi connectivity index (χ2n) is 5.03. The summed E-state index contributed by atoms with van der Waals surface area (Å²) in [4.78, 5) is 16.6. The van der Waals surface area contributed by atoms with E-state index in [1.165, 1.54) is 0 Å². The van der Waals surface area contributed by atoms with Crippen molar-refractivity contribution in [1.82, 2.24) is 20.1 Å². The Morgan fingerprint density at radius 1 is 1.36 bits per heavy atom. The molecule has 0 saturated carbocycles. The molecule has 3 aromatic rings. The zero-order valence-electron chi connectivity index (χ0n) is 12.4. The van der Waals surface area contributed by atoms with Crippen molar-refractivity contribution in [2.75, 3.05) is 6.54 Å². The monoisotopic (exact) mass is 298 g/mol. The molecular weight excluding hydrogens is 280 g/mol. The molecule has 0 aliphatic heterocycles. The van der Waals surface area contributed by atoms with Gasteiger partial charge in [0.2, 0.25) is 5.91 Å².